The van der Waals surface area contributed by atoms with Crippen LogP contribution in [0.5, 0.6) is 0 Å². The van der Waals surface area contributed by atoms with Gasteiger partial charge in [-0.05, 0) is 44.0 Å². The summed E-state index contributed by atoms with van der Waals surface area (Å²) in [5.74, 6) is 1.80. The van der Waals surface area contributed by atoms with Gasteiger partial charge in [0.15, 0.2) is 11.0 Å². The number of thioether (sulfide) groups is 1. The normalized spacial score (nSPS) is 15.0. The summed E-state index contributed by atoms with van der Waals surface area (Å²) in [6, 6.07) is 7.77. The second-order valence-electron chi connectivity index (χ2n) is 6.24. The third kappa shape index (κ3) is 3.65. The zero-order valence-electron chi connectivity index (χ0n) is 14.3. The lowest BCUT2D eigenvalue weighted by Crippen LogP contribution is -2.28. The summed E-state index contributed by atoms with van der Waals surface area (Å²) >= 11 is 1.41. The molecule has 0 bridgehead atoms. The van der Waals surface area contributed by atoms with E-state index in [2.05, 4.69) is 25.1 Å². The summed E-state index contributed by atoms with van der Waals surface area (Å²) in [7, 11) is 0. The van der Waals surface area contributed by atoms with Gasteiger partial charge >= 0.3 is 0 Å². The first-order valence-corrected chi connectivity index (χ1v) is 9.52. The van der Waals surface area contributed by atoms with Crippen molar-refractivity contribution in [3.8, 4) is 11.4 Å². The third-order valence-corrected chi connectivity index (χ3v) is 5.14. The Kier molecular flexibility index (Phi) is 4.75. The first-order chi connectivity index (χ1) is 12.7. The zero-order chi connectivity index (χ0) is 17.9. The molecule has 1 saturated carbocycles. The zero-order valence-corrected chi connectivity index (χ0v) is 15.1. The Bertz CT molecular complexity index is 874. The highest BCUT2D eigenvalue weighted by atomic mass is 32.2. The average Bonchev–Trinajstić information content (AvgIpc) is 3.18. The van der Waals surface area contributed by atoms with E-state index in [0.29, 0.717) is 6.04 Å². The van der Waals surface area contributed by atoms with Gasteiger partial charge in [0.25, 0.3) is 0 Å². The van der Waals surface area contributed by atoms with Crippen molar-refractivity contribution < 1.29 is 9.21 Å². The Hall–Kier alpha value is -2.61. The largest absolute Gasteiger partial charge is 0.467 e. The number of nitrogens with zero attached hydrogens (tertiary/aromatic N) is 4. The van der Waals surface area contributed by atoms with Crippen LogP contribution in [-0.4, -0.2) is 31.4 Å². The van der Waals surface area contributed by atoms with Crippen LogP contribution in [0.2, 0.25) is 0 Å². The number of amides is 1. The Morgan fingerprint density at radius 2 is 2.15 bits per heavy atom. The first kappa shape index (κ1) is 16.8. The summed E-state index contributed by atoms with van der Waals surface area (Å²) in [5, 5.41) is 12.4. The van der Waals surface area contributed by atoms with Gasteiger partial charge in [-0.15, -0.1) is 10.2 Å². The second-order valence-corrected chi connectivity index (χ2v) is 7.18. The molecule has 0 radical (unpaired) electrons. The minimum Gasteiger partial charge on any atom is -0.467 e. The highest BCUT2D eigenvalue weighted by Crippen LogP contribution is 2.40. The van der Waals surface area contributed by atoms with Gasteiger partial charge in [-0.1, -0.05) is 11.8 Å². The van der Waals surface area contributed by atoms with E-state index in [1.165, 1.54) is 11.8 Å². The SMILES string of the molecule is C[C@@H](NC(=O)CSc1nnc(-c2ccncc2)n1C1CC1)c1ccco1. The minimum atomic E-state index is -0.160. The van der Waals surface area contributed by atoms with Crippen LogP contribution in [0, 0.1) is 0 Å². The van der Waals surface area contributed by atoms with Crippen molar-refractivity contribution in [1.82, 2.24) is 25.1 Å². The maximum Gasteiger partial charge on any atom is 0.231 e. The number of hydrogen-bond donors (Lipinski definition) is 1. The molecular formula is C18H19N5O2S. The molecule has 1 N–H and O–H groups in total. The van der Waals surface area contributed by atoms with Crippen molar-refractivity contribution in [2.24, 2.45) is 0 Å². The predicted octanol–water partition coefficient (Wildman–Crippen LogP) is 3.24. The molecule has 0 unspecified atom stereocenters. The van der Waals surface area contributed by atoms with Gasteiger partial charge in [0.2, 0.25) is 5.91 Å². The van der Waals surface area contributed by atoms with Crippen LogP contribution in [-0.2, 0) is 4.79 Å². The van der Waals surface area contributed by atoms with E-state index < -0.39 is 0 Å². The summed E-state index contributed by atoms with van der Waals surface area (Å²) < 4.78 is 7.46. The molecule has 1 atom stereocenters. The van der Waals surface area contributed by atoms with Crippen molar-refractivity contribution in [3.05, 3.63) is 48.7 Å². The van der Waals surface area contributed by atoms with Gasteiger partial charge in [-0.2, -0.15) is 0 Å². The maximum absolute atomic E-state index is 12.3. The number of rotatable bonds is 7. The summed E-state index contributed by atoms with van der Waals surface area (Å²) in [6.07, 6.45) is 7.33. The van der Waals surface area contributed by atoms with Gasteiger partial charge < -0.3 is 9.73 Å². The Morgan fingerprint density at radius 3 is 2.85 bits per heavy atom. The number of carbonyl (C=O) groups is 1. The lowest BCUT2D eigenvalue weighted by Gasteiger charge is -2.12. The van der Waals surface area contributed by atoms with Crippen LogP contribution in [0.25, 0.3) is 11.4 Å². The quantitative estimate of drug-likeness (QED) is 0.644. The van der Waals surface area contributed by atoms with Crippen LogP contribution in [0.15, 0.2) is 52.5 Å². The van der Waals surface area contributed by atoms with Crippen LogP contribution >= 0.6 is 11.8 Å². The van der Waals surface area contributed by atoms with Crippen molar-refractivity contribution in [2.75, 3.05) is 5.75 Å². The van der Waals surface area contributed by atoms with E-state index in [0.717, 1.165) is 35.1 Å². The Labute approximate surface area is 155 Å². The Balaban J connectivity index is 1.44. The van der Waals surface area contributed by atoms with Crippen molar-refractivity contribution in [3.63, 3.8) is 0 Å². The lowest BCUT2D eigenvalue weighted by atomic mass is 10.2. The molecule has 0 spiro atoms. The van der Waals surface area contributed by atoms with E-state index in [4.69, 9.17) is 4.42 Å². The van der Waals surface area contributed by atoms with E-state index >= 15 is 0 Å². The van der Waals surface area contributed by atoms with E-state index in [1.807, 2.05) is 31.2 Å². The monoisotopic (exact) mass is 369 g/mol. The van der Waals surface area contributed by atoms with E-state index in [9.17, 15) is 4.79 Å². The molecule has 1 fully saturated rings. The van der Waals surface area contributed by atoms with Crippen LogP contribution < -0.4 is 5.32 Å². The molecule has 1 amide bonds. The molecule has 1 aliphatic carbocycles. The molecule has 0 aromatic carbocycles. The second kappa shape index (κ2) is 7.33. The number of furan rings is 1. The topological polar surface area (TPSA) is 85.8 Å². The van der Waals surface area contributed by atoms with Crippen LogP contribution in [0.4, 0.5) is 0 Å². The number of hydrogen-bond acceptors (Lipinski definition) is 6. The highest BCUT2D eigenvalue weighted by Gasteiger charge is 2.30. The standard InChI is InChI=1S/C18H19N5O2S/c1-12(15-3-2-10-25-15)20-16(24)11-26-18-22-21-17(23(18)14-4-5-14)13-6-8-19-9-7-13/h2-3,6-10,12,14H,4-5,11H2,1H3,(H,20,24)/t12-/m1/s1. The minimum absolute atomic E-state index is 0.0605. The van der Waals surface area contributed by atoms with Gasteiger partial charge in [-0.3, -0.25) is 14.3 Å². The fourth-order valence-electron chi connectivity index (χ4n) is 2.76. The maximum atomic E-state index is 12.3. The third-order valence-electron chi connectivity index (χ3n) is 4.19. The van der Waals surface area contributed by atoms with Gasteiger partial charge in [-0.25, -0.2) is 0 Å². The summed E-state index contributed by atoms with van der Waals surface area (Å²) in [4.78, 5) is 16.3. The van der Waals surface area contributed by atoms with Gasteiger partial charge in [0.05, 0.1) is 18.1 Å². The molecule has 26 heavy (non-hydrogen) atoms. The highest BCUT2D eigenvalue weighted by molar-refractivity contribution is 7.99. The number of aromatic nitrogens is 4. The molecule has 3 heterocycles. The Morgan fingerprint density at radius 1 is 1.35 bits per heavy atom. The molecule has 8 heteroatoms. The number of carbonyl (C=O) groups excluding carboxylic acids is 1. The molecule has 3 aromatic rings. The molecule has 7 nitrogen and oxygen atoms in total. The van der Waals surface area contributed by atoms with Crippen molar-refractivity contribution in [1.29, 1.82) is 0 Å². The van der Waals surface area contributed by atoms with Crippen molar-refractivity contribution in [2.45, 2.75) is 37.0 Å². The van der Waals surface area contributed by atoms with E-state index in [1.54, 1.807) is 18.7 Å². The summed E-state index contributed by atoms with van der Waals surface area (Å²) in [5.41, 5.74) is 0.988. The van der Waals surface area contributed by atoms with Gasteiger partial charge in [0.1, 0.15) is 5.76 Å². The molecule has 134 valence electrons. The van der Waals surface area contributed by atoms with E-state index in [-0.39, 0.29) is 17.7 Å². The van der Waals surface area contributed by atoms with Crippen molar-refractivity contribution >= 4 is 17.7 Å². The fraction of sp³-hybridized carbons (Fsp3) is 0.333. The molecular weight excluding hydrogens is 350 g/mol. The lowest BCUT2D eigenvalue weighted by molar-refractivity contribution is -0.119. The predicted molar refractivity (Wildman–Crippen MR) is 97.5 cm³/mol. The molecule has 3 aromatic heterocycles. The molecule has 0 aliphatic heterocycles. The molecule has 1 aliphatic rings. The van der Waals surface area contributed by atoms with Gasteiger partial charge in [0, 0.05) is 24.0 Å². The molecule has 4 rings (SSSR count). The smallest absolute Gasteiger partial charge is 0.231 e. The number of pyridine rings is 1. The fourth-order valence-corrected chi connectivity index (χ4v) is 3.57. The average molecular weight is 369 g/mol. The molecule has 0 saturated heterocycles. The van der Waals surface area contributed by atoms with Crippen LogP contribution in [0.1, 0.15) is 37.6 Å². The summed E-state index contributed by atoms with van der Waals surface area (Å²) in [6.45, 7) is 1.90. The number of nitrogens with one attached hydrogen (secondary N) is 1. The van der Waals surface area contributed by atoms with Crippen LogP contribution in [0.3, 0.4) is 0 Å². The first-order valence-electron chi connectivity index (χ1n) is 8.53.